The Kier molecular flexibility index (Phi) is 4.52. The zero-order chi connectivity index (χ0) is 15.4. The SMILES string of the molecule is CC(=O)N1CCCC(C(=O)Nc2ccc(C(=O)O)nc2)C1. The number of carboxylic acids is 1. The number of rotatable bonds is 3. The number of amides is 2. The molecule has 1 aromatic heterocycles. The van der Waals surface area contributed by atoms with Crippen molar-refractivity contribution in [2.75, 3.05) is 18.4 Å². The van der Waals surface area contributed by atoms with Crippen molar-refractivity contribution in [2.24, 2.45) is 5.92 Å². The average molecular weight is 291 g/mol. The first-order valence-electron chi connectivity index (χ1n) is 6.73. The third kappa shape index (κ3) is 3.77. The molecule has 1 unspecified atom stereocenters. The molecule has 1 fully saturated rings. The van der Waals surface area contributed by atoms with Crippen LogP contribution in [0.2, 0.25) is 0 Å². The van der Waals surface area contributed by atoms with Gasteiger partial charge in [-0.3, -0.25) is 9.59 Å². The quantitative estimate of drug-likeness (QED) is 0.864. The third-order valence-electron chi connectivity index (χ3n) is 3.49. The largest absolute Gasteiger partial charge is 0.477 e. The summed E-state index contributed by atoms with van der Waals surface area (Å²) in [5.74, 6) is -1.56. The van der Waals surface area contributed by atoms with Gasteiger partial charge in [0.05, 0.1) is 17.8 Å². The maximum atomic E-state index is 12.2. The van der Waals surface area contributed by atoms with Gasteiger partial charge in [0.2, 0.25) is 11.8 Å². The van der Waals surface area contributed by atoms with E-state index < -0.39 is 5.97 Å². The number of likely N-dealkylation sites (tertiary alicyclic amines) is 1. The summed E-state index contributed by atoms with van der Waals surface area (Å²) >= 11 is 0. The minimum Gasteiger partial charge on any atom is -0.477 e. The predicted octanol–water partition coefficient (Wildman–Crippen LogP) is 0.977. The first-order chi connectivity index (χ1) is 9.97. The fourth-order valence-corrected chi connectivity index (χ4v) is 2.32. The van der Waals surface area contributed by atoms with Crippen LogP contribution in [-0.4, -0.2) is 45.9 Å². The maximum Gasteiger partial charge on any atom is 0.354 e. The molecule has 1 aliphatic rings. The Morgan fingerprint density at radius 3 is 2.71 bits per heavy atom. The number of anilines is 1. The van der Waals surface area contributed by atoms with Crippen molar-refractivity contribution in [1.82, 2.24) is 9.88 Å². The minimum atomic E-state index is -1.11. The molecule has 0 aromatic carbocycles. The Bertz CT molecular complexity index is 556. The van der Waals surface area contributed by atoms with Gasteiger partial charge in [0.25, 0.3) is 0 Å². The standard InChI is InChI=1S/C14H17N3O4/c1-9(18)17-6-2-3-10(8-17)13(19)16-11-4-5-12(14(20)21)15-7-11/h4-5,7,10H,2-3,6,8H2,1H3,(H,16,19)(H,20,21). The zero-order valence-corrected chi connectivity index (χ0v) is 11.7. The molecule has 1 atom stereocenters. The van der Waals surface area contributed by atoms with Crippen LogP contribution >= 0.6 is 0 Å². The molecule has 21 heavy (non-hydrogen) atoms. The molecule has 0 saturated carbocycles. The topological polar surface area (TPSA) is 99.6 Å². The molecule has 112 valence electrons. The van der Waals surface area contributed by atoms with Crippen molar-refractivity contribution in [3.05, 3.63) is 24.0 Å². The number of nitrogens with zero attached hydrogens (tertiary/aromatic N) is 2. The lowest BCUT2D eigenvalue weighted by Gasteiger charge is -2.31. The molecule has 1 aromatic rings. The number of piperidine rings is 1. The summed E-state index contributed by atoms with van der Waals surface area (Å²) in [6.45, 7) is 2.60. The lowest BCUT2D eigenvalue weighted by atomic mass is 9.97. The number of carboxylic acid groups (broad SMARTS) is 1. The monoisotopic (exact) mass is 291 g/mol. The van der Waals surface area contributed by atoms with Crippen LogP contribution in [-0.2, 0) is 9.59 Å². The summed E-state index contributed by atoms with van der Waals surface area (Å²) in [5.41, 5.74) is 0.373. The third-order valence-corrected chi connectivity index (χ3v) is 3.49. The maximum absolute atomic E-state index is 12.2. The molecule has 7 nitrogen and oxygen atoms in total. The fraction of sp³-hybridized carbons (Fsp3) is 0.429. The van der Waals surface area contributed by atoms with Crippen LogP contribution in [0.4, 0.5) is 5.69 Å². The number of aromatic nitrogens is 1. The van der Waals surface area contributed by atoms with Crippen LogP contribution in [0.3, 0.4) is 0 Å². The van der Waals surface area contributed by atoms with Crippen molar-refractivity contribution >= 4 is 23.5 Å². The van der Waals surface area contributed by atoms with Crippen LogP contribution < -0.4 is 5.32 Å². The van der Waals surface area contributed by atoms with Gasteiger partial charge in [-0.25, -0.2) is 9.78 Å². The van der Waals surface area contributed by atoms with Gasteiger partial charge in [-0.1, -0.05) is 0 Å². The number of nitrogens with one attached hydrogen (secondary N) is 1. The molecule has 7 heteroatoms. The molecule has 2 rings (SSSR count). The van der Waals surface area contributed by atoms with E-state index in [2.05, 4.69) is 10.3 Å². The van der Waals surface area contributed by atoms with E-state index in [0.717, 1.165) is 12.8 Å². The Labute approximate surface area is 122 Å². The van der Waals surface area contributed by atoms with Crippen molar-refractivity contribution in [3.63, 3.8) is 0 Å². The van der Waals surface area contributed by atoms with Crippen LogP contribution in [0.15, 0.2) is 18.3 Å². The molecule has 0 bridgehead atoms. The van der Waals surface area contributed by atoms with E-state index in [0.29, 0.717) is 18.8 Å². The first kappa shape index (κ1) is 15.0. The second-order valence-corrected chi connectivity index (χ2v) is 5.03. The van der Waals surface area contributed by atoms with Crippen molar-refractivity contribution < 1.29 is 19.5 Å². The van der Waals surface area contributed by atoms with Gasteiger partial charge in [-0.2, -0.15) is 0 Å². The second kappa shape index (κ2) is 6.34. The van der Waals surface area contributed by atoms with Gasteiger partial charge in [-0.15, -0.1) is 0 Å². The number of carbonyl (C=O) groups excluding carboxylic acids is 2. The lowest BCUT2D eigenvalue weighted by molar-refractivity contribution is -0.132. The smallest absolute Gasteiger partial charge is 0.354 e. The normalized spacial score (nSPS) is 18.1. The van der Waals surface area contributed by atoms with Crippen LogP contribution in [0.5, 0.6) is 0 Å². The Morgan fingerprint density at radius 2 is 2.14 bits per heavy atom. The van der Waals surface area contributed by atoms with E-state index in [1.807, 2.05) is 0 Å². The van der Waals surface area contributed by atoms with Gasteiger partial charge in [-0.05, 0) is 25.0 Å². The molecule has 0 spiro atoms. The van der Waals surface area contributed by atoms with Crippen molar-refractivity contribution in [2.45, 2.75) is 19.8 Å². The number of aromatic carboxylic acids is 1. The summed E-state index contributed by atoms with van der Waals surface area (Å²) in [6.07, 6.45) is 2.84. The zero-order valence-electron chi connectivity index (χ0n) is 11.7. The summed E-state index contributed by atoms with van der Waals surface area (Å²) in [6, 6.07) is 2.83. The molecule has 0 aliphatic carbocycles. The highest BCUT2D eigenvalue weighted by molar-refractivity contribution is 5.93. The van der Waals surface area contributed by atoms with Gasteiger partial charge in [0, 0.05) is 20.0 Å². The van der Waals surface area contributed by atoms with Crippen LogP contribution in [0.25, 0.3) is 0 Å². The highest BCUT2D eigenvalue weighted by atomic mass is 16.4. The number of hydrogen-bond acceptors (Lipinski definition) is 4. The van der Waals surface area contributed by atoms with E-state index >= 15 is 0 Å². The van der Waals surface area contributed by atoms with Crippen LogP contribution in [0.1, 0.15) is 30.3 Å². The molecule has 1 aliphatic heterocycles. The number of carbonyl (C=O) groups is 3. The van der Waals surface area contributed by atoms with E-state index in [4.69, 9.17) is 5.11 Å². The van der Waals surface area contributed by atoms with Crippen molar-refractivity contribution in [1.29, 1.82) is 0 Å². The Morgan fingerprint density at radius 1 is 1.38 bits per heavy atom. The second-order valence-electron chi connectivity index (χ2n) is 5.03. The van der Waals surface area contributed by atoms with Crippen LogP contribution in [0, 0.1) is 5.92 Å². The molecular formula is C14H17N3O4. The molecule has 2 N–H and O–H groups in total. The number of pyridine rings is 1. The summed E-state index contributed by atoms with van der Waals surface area (Å²) in [7, 11) is 0. The predicted molar refractivity (Wildman–Crippen MR) is 74.8 cm³/mol. The molecule has 2 amide bonds. The van der Waals surface area contributed by atoms with Gasteiger partial charge in [0.1, 0.15) is 5.69 Å². The Balaban J connectivity index is 1.97. The minimum absolute atomic E-state index is 0.0278. The summed E-state index contributed by atoms with van der Waals surface area (Å²) in [4.78, 5) is 39.6. The summed E-state index contributed by atoms with van der Waals surface area (Å²) < 4.78 is 0. The van der Waals surface area contributed by atoms with E-state index in [9.17, 15) is 14.4 Å². The van der Waals surface area contributed by atoms with Gasteiger partial charge in [0.15, 0.2) is 0 Å². The fourth-order valence-electron chi connectivity index (χ4n) is 2.32. The van der Waals surface area contributed by atoms with Gasteiger partial charge < -0.3 is 15.3 Å². The van der Waals surface area contributed by atoms with Crippen molar-refractivity contribution in [3.8, 4) is 0 Å². The molecule has 1 saturated heterocycles. The molecule has 2 heterocycles. The highest BCUT2D eigenvalue weighted by Crippen LogP contribution is 2.18. The summed E-state index contributed by atoms with van der Waals surface area (Å²) in [5, 5.41) is 11.5. The van der Waals surface area contributed by atoms with E-state index in [1.54, 1.807) is 4.90 Å². The molecular weight excluding hydrogens is 274 g/mol. The van der Waals surface area contributed by atoms with Gasteiger partial charge >= 0.3 is 5.97 Å². The number of hydrogen-bond donors (Lipinski definition) is 2. The van der Waals surface area contributed by atoms with E-state index in [1.165, 1.54) is 25.3 Å². The lowest BCUT2D eigenvalue weighted by Crippen LogP contribution is -2.42. The highest BCUT2D eigenvalue weighted by Gasteiger charge is 2.27. The van der Waals surface area contributed by atoms with E-state index in [-0.39, 0.29) is 23.4 Å². The average Bonchev–Trinajstić information content (AvgIpc) is 2.48. The first-order valence-corrected chi connectivity index (χ1v) is 6.73. The Hall–Kier alpha value is -2.44. The molecule has 0 radical (unpaired) electrons.